The van der Waals surface area contributed by atoms with Crippen LogP contribution in [0.25, 0.3) is 0 Å². The summed E-state index contributed by atoms with van der Waals surface area (Å²) in [6, 6.07) is 0. The molecule has 25 heavy (non-hydrogen) atoms. The number of imide groups is 1. The maximum absolute atomic E-state index is 13.0. The molecule has 0 bridgehead atoms. The summed E-state index contributed by atoms with van der Waals surface area (Å²) in [5, 5.41) is 1.53. The van der Waals surface area contributed by atoms with Gasteiger partial charge < -0.3 is 0 Å². The number of nitrogens with one attached hydrogen (secondary N) is 1. The van der Waals surface area contributed by atoms with Gasteiger partial charge in [-0.15, -0.1) is 0 Å². The third kappa shape index (κ3) is 3.55. The monoisotopic (exact) mass is 359 g/mol. The highest BCUT2D eigenvalue weighted by atomic mass is 19.2. The second-order valence-corrected chi connectivity index (χ2v) is 7.57. The highest BCUT2D eigenvalue weighted by Gasteiger charge is 2.38. The molecule has 138 valence electrons. The van der Waals surface area contributed by atoms with Gasteiger partial charge in [0, 0.05) is 0 Å². The number of fused-ring (bicyclic) bond motifs is 1. The largest absolute Gasteiger partial charge is 0.288 e. The van der Waals surface area contributed by atoms with Crippen molar-refractivity contribution in [3.8, 4) is 0 Å². The third-order valence-corrected chi connectivity index (χ3v) is 5.25. The van der Waals surface area contributed by atoms with Crippen molar-refractivity contribution in [3.63, 3.8) is 0 Å². The normalized spacial score (nSPS) is 24.3. The number of carbonyl (C=O) groups excluding carboxylic acids is 2. The van der Waals surface area contributed by atoms with E-state index in [9.17, 15) is 27.2 Å². The van der Waals surface area contributed by atoms with Crippen molar-refractivity contribution in [3.05, 3.63) is 34.4 Å². The van der Waals surface area contributed by atoms with Gasteiger partial charge in [0.2, 0.25) is 0 Å². The number of rotatable bonds is 0. The zero-order valence-electron chi connectivity index (χ0n) is 14.6. The topological polar surface area (TPSA) is 46.2 Å². The number of hydrogen-bond donors (Lipinski definition) is 1. The molecule has 1 fully saturated rings. The molecule has 1 aromatic rings. The molecule has 1 N–H and O–H groups in total. The van der Waals surface area contributed by atoms with Gasteiger partial charge >= 0.3 is 0 Å². The van der Waals surface area contributed by atoms with Crippen molar-refractivity contribution in [2.45, 2.75) is 47.0 Å². The maximum Gasteiger partial charge on any atom is 0.262 e. The Morgan fingerprint density at radius 3 is 1.64 bits per heavy atom. The number of amides is 2. The van der Waals surface area contributed by atoms with Gasteiger partial charge in [0.25, 0.3) is 11.8 Å². The van der Waals surface area contributed by atoms with Crippen LogP contribution in [0.2, 0.25) is 0 Å². The van der Waals surface area contributed by atoms with Crippen LogP contribution in [0, 0.1) is 40.5 Å². The average molecular weight is 359 g/mol. The molecule has 0 radical (unpaired) electrons. The molecule has 2 atom stereocenters. The Bertz CT molecular complexity index is 686. The summed E-state index contributed by atoms with van der Waals surface area (Å²) in [6.45, 7) is 9.60. The van der Waals surface area contributed by atoms with Crippen molar-refractivity contribution < 1.29 is 27.2 Å². The van der Waals surface area contributed by atoms with E-state index >= 15 is 0 Å². The van der Waals surface area contributed by atoms with Gasteiger partial charge in [-0.3, -0.25) is 14.9 Å². The van der Waals surface area contributed by atoms with Crippen LogP contribution in [0.15, 0.2) is 0 Å². The van der Waals surface area contributed by atoms with Gasteiger partial charge in [0.05, 0.1) is 11.1 Å². The first-order valence-electron chi connectivity index (χ1n) is 8.19. The van der Waals surface area contributed by atoms with Crippen LogP contribution < -0.4 is 5.32 Å². The first kappa shape index (κ1) is 19.4. The van der Waals surface area contributed by atoms with E-state index in [1.807, 2.05) is 0 Å². The fourth-order valence-electron chi connectivity index (χ4n) is 3.41. The molecule has 0 saturated heterocycles. The van der Waals surface area contributed by atoms with E-state index in [0.29, 0.717) is 5.41 Å². The Balaban J connectivity index is 0.000000196. The van der Waals surface area contributed by atoms with Crippen LogP contribution in [-0.4, -0.2) is 11.8 Å². The summed E-state index contributed by atoms with van der Waals surface area (Å²) in [5.74, 6) is -8.64. The zero-order chi connectivity index (χ0) is 19.1. The van der Waals surface area contributed by atoms with E-state index in [-0.39, 0.29) is 0 Å². The van der Waals surface area contributed by atoms with Crippen LogP contribution in [-0.2, 0) is 0 Å². The molecule has 2 aliphatic rings. The van der Waals surface area contributed by atoms with Gasteiger partial charge in [-0.1, -0.05) is 34.1 Å². The summed E-state index contributed by atoms with van der Waals surface area (Å²) >= 11 is 0. The van der Waals surface area contributed by atoms with Crippen LogP contribution in [0.5, 0.6) is 0 Å². The van der Waals surface area contributed by atoms with Crippen LogP contribution in [0.1, 0.15) is 67.7 Å². The molecule has 7 heteroatoms. The predicted octanol–water partition coefficient (Wildman–Crippen LogP) is 4.60. The molecule has 1 aliphatic heterocycles. The number of hydrogen-bond acceptors (Lipinski definition) is 2. The van der Waals surface area contributed by atoms with Crippen LogP contribution in [0.4, 0.5) is 17.6 Å². The first-order chi connectivity index (χ1) is 11.5. The van der Waals surface area contributed by atoms with E-state index in [2.05, 4.69) is 27.7 Å². The van der Waals surface area contributed by atoms with Crippen molar-refractivity contribution in [1.82, 2.24) is 5.32 Å². The van der Waals surface area contributed by atoms with Gasteiger partial charge in [0.1, 0.15) is 0 Å². The maximum atomic E-state index is 13.0. The second-order valence-electron chi connectivity index (χ2n) is 7.57. The smallest absolute Gasteiger partial charge is 0.262 e. The van der Waals surface area contributed by atoms with E-state index in [4.69, 9.17) is 0 Å². The lowest BCUT2D eigenvalue weighted by molar-refractivity contribution is 0.0877. The van der Waals surface area contributed by atoms with E-state index in [1.165, 1.54) is 24.6 Å². The average Bonchev–Trinajstić information content (AvgIpc) is 2.82. The molecule has 2 amide bonds. The van der Waals surface area contributed by atoms with Crippen molar-refractivity contribution >= 4 is 11.8 Å². The van der Waals surface area contributed by atoms with Gasteiger partial charge in [-0.05, 0) is 30.1 Å². The number of halogens is 4. The summed E-state index contributed by atoms with van der Waals surface area (Å²) in [6.07, 6.45) is 4.31. The molecule has 1 heterocycles. The lowest BCUT2D eigenvalue weighted by Gasteiger charge is -2.39. The Morgan fingerprint density at radius 2 is 1.28 bits per heavy atom. The lowest BCUT2D eigenvalue weighted by Crippen LogP contribution is -2.29. The molecule has 3 nitrogen and oxygen atoms in total. The Hall–Kier alpha value is -1.92. The highest BCUT2D eigenvalue weighted by Crippen LogP contribution is 2.42. The molecular weight excluding hydrogens is 338 g/mol. The molecule has 1 aliphatic carbocycles. The zero-order valence-corrected chi connectivity index (χ0v) is 14.6. The first-order valence-corrected chi connectivity index (χ1v) is 8.19. The highest BCUT2D eigenvalue weighted by molar-refractivity contribution is 6.21. The fourth-order valence-corrected chi connectivity index (χ4v) is 3.41. The fraction of sp³-hybridized carbons (Fsp3) is 0.556. The minimum absolute atomic E-state index is 0.609. The number of carbonyl (C=O) groups is 2. The molecule has 1 aromatic carbocycles. The molecule has 3 rings (SSSR count). The Morgan fingerprint density at radius 1 is 0.840 bits per heavy atom. The third-order valence-electron chi connectivity index (χ3n) is 5.25. The molecule has 0 aromatic heterocycles. The summed E-state index contributed by atoms with van der Waals surface area (Å²) < 4.78 is 51.3. The summed E-state index contributed by atoms with van der Waals surface area (Å²) in [4.78, 5) is 21.8. The van der Waals surface area contributed by atoms with Gasteiger partial charge in [0.15, 0.2) is 23.3 Å². The van der Waals surface area contributed by atoms with Gasteiger partial charge in [-0.2, -0.15) is 0 Å². The standard InChI is InChI=1S/C10H20.C8HF4NO2/c1-8-5-6-9(2)10(3,4)7-8;9-3-1-2(8(15)13-7(1)14)4(10)6(12)5(3)11/h8-9H,5-7H2,1-4H3;(H,13,14,15)/t8-,9-;/m1./s1. The number of benzene rings is 1. The summed E-state index contributed by atoms with van der Waals surface area (Å²) in [5.41, 5.74) is -1.59. The lowest BCUT2D eigenvalue weighted by atomic mass is 9.66. The van der Waals surface area contributed by atoms with Crippen molar-refractivity contribution in [2.75, 3.05) is 0 Å². The van der Waals surface area contributed by atoms with Gasteiger partial charge in [-0.25, -0.2) is 17.6 Å². The quantitative estimate of drug-likeness (QED) is 0.319. The predicted molar refractivity (Wildman–Crippen MR) is 84.0 cm³/mol. The molecule has 0 unspecified atom stereocenters. The van der Waals surface area contributed by atoms with Crippen molar-refractivity contribution in [2.24, 2.45) is 17.3 Å². The van der Waals surface area contributed by atoms with E-state index in [1.54, 1.807) is 0 Å². The van der Waals surface area contributed by atoms with Crippen molar-refractivity contribution in [1.29, 1.82) is 0 Å². The minimum Gasteiger partial charge on any atom is -0.288 e. The Labute approximate surface area is 143 Å². The van der Waals surface area contributed by atoms with Crippen LogP contribution in [0.3, 0.4) is 0 Å². The van der Waals surface area contributed by atoms with E-state index < -0.39 is 46.2 Å². The molecule has 0 spiro atoms. The summed E-state index contributed by atoms with van der Waals surface area (Å²) in [7, 11) is 0. The second kappa shape index (κ2) is 6.77. The van der Waals surface area contributed by atoms with Crippen LogP contribution >= 0.6 is 0 Å². The SMILES string of the molecule is C[C@@H]1CC[C@@H](C)C(C)(C)C1.O=C1NC(=O)c2c(F)c(F)c(F)c(F)c21. The Kier molecular flexibility index (Phi) is 5.25. The minimum atomic E-state index is -2.11. The van der Waals surface area contributed by atoms with E-state index in [0.717, 1.165) is 11.8 Å². The molecule has 1 saturated carbocycles. The molecular formula is C18H21F4NO2.